The first kappa shape index (κ1) is 7.29. The first-order valence-corrected chi connectivity index (χ1v) is 3.48. The van der Waals surface area contributed by atoms with Crippen LogP contribution in [0.25, 0.3) is 0 Å². The van der Waals surface area contributed by atoms with Gasteiger partial charge in [-0.05, 0) is 12.1 Å². The van der Waals surface area contributed by atoms with E-state index in [9.17, 15) is 0 Å². The van der Waals surface area contributed by atoms with Crippen LogP contribution in [0.4, 0.5) is 5.69 Å². The zero-order chi connectivity index (χ0) is 7.61. The van der Waals surface area contributed by atoms with E-state index in [1.165, 1.54) is 5.69 Å². The number of quaternary nitrogens is 1. The molecule has 0 saturated carbocycles. The molecule has 0 atom stereocenters. The Hall–Kier alpha value is -0.820. The minimum absolute atomic E-state index is 0.890. The van der Waals surface area contributed by atoms with Gasteiger partial charge in [-0.3, -0.25) is 4.48 Å². The van der Waals surface area contributed by atoms with Crippen molar-refractivity contribution in [2.75, 3.05) is 21.1 Å². The average molecular weight is 135 g/mol. The molecule has 0 unspecified atom stereocenters. The molecule has 1 aromatic rings. The second-order valence-electron chi connectivity index (χ2n) is 3.35. The zero-order valence-corrected chi connectivity index (χ0v) is 6.83. The van der Waals surface area contributed by atoms with Gasteiger partial charge < -0.3 is 0 Å². The van der Waals surface area contributed by atoms with Crippen molar-refractivity contribution in [2.45, 2.75) is 0 Å². The summed E-state index contributed by atoms with van der Waals surface area (Å²) in [5.74, 6) is 0. The molecule has 0 bridgehead atoms. The summed E-state index contributed by atoms with van der Waals surface area (Å²) in [6.45, 7) is 0. The van der Waals surface area contributed by atoms with Gasteiger partial charge in [-0.25, -0.2) is 0 Å². The van der Waals surface area contributed by atoms with Crippen LogP contribution in [-0.4, -0.2) is 21.1 Å². The molecule has 0 aliphatic carbocycles. The van der Waals surface area contributed by atoms with Gasteiger partial charge in [-0.1, -0.05) is 18.2 Å². The fraction of sp³-hybridized carbons (Fsp3) is 0.333. The molecule has 10 heavy (non-hydrogen) atoms. The zero-order valence-electron chi connectivity index (χ0n) is 6.83. The van der Waals surface area contributed by atoms with E-state index >= 15 is 0 Å². The van der Waals surface area contributed by atoms with Crippen molar-refractivity contribution in [2.24, 2.45) is 0 Å². The first-order valence-electron chi connectivity index (χ1n) is 3.48. The minimum atomic E-state index is 0.890. The van der Waals surface area contributed by atoms with E-state index in [1.807, 2.05) is 6.07 Å². The van der Waals surface area contributed by atoms with E-state index in [0.29, 0.717) is 0 Å². The first-order chi connectivity index (χ1) is 4.61. The number of nitrogens with zero attached hydrogens (tertiary/aromatic N) is 1. The van der Waals surface area contributed by atoms with Gasteiger partial charge in [0.05, 0.1) is 21.1 Å². The lowest BCUT2D eigenvalue weighted by atomic mass is 10.2. The summed E-state index contributed by atoms with van der Waals surface area (Å²) < 4.78 is 0.890. The molecule has 1 nitrogen and oxygen atoms in total. The normalized spacial score (nSPS) is 11.5. The Morgan fingerprint density at radius 3 is 1.70 bits per heavy atom. The van der Waals surface area contributed by atoms with Gasteiger partial charge >= 0.3 is 0 Å². The maximum absolute atomic E-state index is 2.16. The van der Waals surface area contributed by atoms with Crippen LogP contribution < -0.4 is 4.48 Å². The Labute approximate surface area is 62.5 Å². The van der Waals surface area contributed by atoms with Gasteiger partial charge in [0.25, 0.3) is 0 Å². The number of para-hydroxylation sites is 1. The molecule has 0 saturated heterocycles. The summed E-state index contributed by atoms with van der Waals surface area (Å²) in [5.41, 5.74) is 1.34. The topological polar surface area (TPSA) is 0 Å². The van der Waals surface area contributed by atoms with E-state index in [4.69, 9.17) is 0 Å². The smallest absolute Gasteiger partial charge is 0.132 e. The fourth-order valence-electron chi connectivity index (χ4n) is 0.875. The number of hydrogen-bond acceptors (Lipinski definition) is 0. The third kappa shape index (κ3) is 1.58. The lowest BCUT2D eigenvalue weighted by Gasteiger charge is -2.22. The fourth-order valence-corrected chi connectivity index (χ4v) is 0.875. The van der Waals surface area contributed by atoms with E-state index in [1.54, 1.807) is 0 Å². The number of hydrogen-bond donors (Lipinski definition) is 0. The van der Waals surface area contributed by atoms with Crippen molar-refractivity contribution >= 4 is 5.69 Å². The highest BCUT2D eigenvalue weighted by Crippen LogP contribution is 2.14. The van der Waals surface area contributed by atoms with Crippen LogP contribution in [0.5, 0.6) is 0 Å². The van der Waals surface area contributed by atoms with Gasteiger partial charge in [0.15, 0.2) is 0 Å². The molecule has 1 aromatic carbocycles. The second kappa shape index (κ2) is 2.43. The molecule has 1 rings (SSSR count). The molecule has 0 aliphatic heterocycles. The maximum Gasteiger partial charge on any atom is 0.132 e. The van der Waals surface area contributed by atoms with Crippen molar-refractivity contribution < 1.29 is 0 Å². The Morgan fingerprint density at radius 2 is 1.40 bits per heavy atom. The molecule has 0 amide bonds. The SMILES string of the molecule is C[N+](C)([11CH3])c1ccccc1. The van der Waals surface area contributed by atoms with E-state index in [0.717, 1.165) is 4.48 Å². The lowest BCUT2D eigenvalue weighted by Crippen LogP contribution is -2.34. The molecule has 0 spiro atoms. The van der Waals surface area contributed by atoms with Crippen LogP contribution in [0.15, 0.2) is 30.3 Å². The predicted octanol–water partition coefficient (Wildman–Crippen LogP) is 1.88. The Balaban J connectivity index is 2.97. The Morgan fingerprint density at radius 1 is 0.900 bits per heavy atom. The molecule has 0 radical (unpaired) electrons. The van der Waals surface area contributed by atoms with E-state index in [-0.39, 0.29) is 0 Å². The molecule has 0 heterocycles. The maximum atomic E-state index is 2.16. The standard InChI is InChI=1S/C9H14N/c1-10(2,3)9-7-5-4-6-8-9/h4-8H,1-3H3/q+1/i1-1. The summed E-state index contributed by atoms with van der Waals surface area (Å²) in [6, 6.07) is 10.5. The summed E-state index contributed by atoms with van der Waals surface area (Å²) in [4.78, 5) is 0. The highest BCUT2D eigenvalue weighted by atomic mass is 15.2. The molecule has 54 valence electrons. The van der Waals surface area contributed by atoms with Gasteiger partial charge in [0.2, 0.25) is 0 Å². The highest BCUT2D eigenvalue weighted by molar-refractivity contribution is 5.40. The van der Waals surface area contributed by atoms with Crippen LogP contribution in [-0.2, 0) is 0 Å². The summed E-state index contributed by atoms with van der Waals surface area (Å²) in [6.07, 6.45) is 0. The third-order valence-electron chi connectivity index (χ3n) is 1.53. The van der Waals surface area contributed by atoms with Crippen molar-refractivity contribution in [1.82, 2.24) is 4.48 Å². The summed E-state index contributed by atoms with van der Waals surface area (Å²) in [7, 11) is 6.49. The van der Waals surface area contributed by atoms with Crippen molar-refractivity contribution in [3.63, 3.8) is 0 Å². The van der Waals surface area contributed by atoms with E-state index in [2.05, 4.69) is 45.4 Å². The average Bonchev–Trinajstić information content (AvgIpc) is 1.88. The van der Waals surface area contributed by atoms with Crippen molar-refractivity contribution in [3.8, 4) is 0 Å². The quantitative estimate of drug-likeness (QED) is 0.516. The molecular formula is C9H14N+. The van der Waals surface area contributed by atoms with Crippen LogP contribution in [0.3, 0.4) is 0 Å². The largest absolute Gasteiger partial charge is 0.298 e. The van der Waals surface area contributed by atoms with E-state index < -0.39 is 0 Å². The predicted molar refractivity (Wildman–Crippen MR) is 46.0 cm³/mol. The molecule has 1 heteroatoms. The van der Waals surface area contributed by atoms with Crippen LogP contribution in [0.1, 0.15) is 0 Å². The Bertz CT molecular complexity index is 196. The van der Waals surface area contributed by atoms with Gasteiger partial charge in [0.1, 0.15) is 5.69 Å². The summed E-state index contributed by atoms with van der Waals surface area (Å²) in [5, 5.41) is 0. The van der Waals surface area contributed by atoms with Crippen LogP contribution in [0.2, 0.25) is 0 Å². The van der Waals surface area contributed by atoms with Gasteiger partial charge in [-0.2, -0.15) is 0 Å². The molecule has 0 fully saturated rings. The second-order valence-corrected chi connectivity index (χ2v) is 3.35. The van der Waals surface area contributed by atoms with Gasteiger partial charge in [0, 0.05) is 0 Å². The van der Waals surface area contributed by atoms with Crippen LogP contribution in [0, 0.1) is 0 Å². The molecular weight excluding hydrogens is 121 g/mol. The van der Waals surface area contributed by atoms with Crippen LogP contribution >= 0.6 is 0 Å². The monoisotopic (exact) mass is 135 g/mol. The summed E-state index contributed by atoms with van der Waals surface area (Å²) >= 11 is 0. The lowest BCUT2D eigenvalue weighted by molar-refractivity contribution is 0.486. The van der Waals surface area contributed by atoms with Gasteiger partial charge in [-0.15, -0.1) is 0 Å². The molecule has 0 aliphatic rings. The molecule has 0 N–H and O–H groups in total. The van der Waals surface area contributed by atoms with Crippen molar-refractivity contribution in [3.05, 3.63) is 30.3 Å². The Kier molecular flexibility index (Phi) is 1.77. The minimum Gasteiger partial charge on any atom is -0.298 e. The number of rotatable bonds is 1. The molecule has 0 aromatic heterocycles. The number of benzene rings is 1. The highest BCUT2D eigenvalue weighted by Gasteiger charge is 2.08. The van der Waals surface area contributed by atoms with Crippen molar-refractivity contribution in [1.29, 1.82) is 0 Å². The third-order valence-corrected chi connectivity index (χ3v) is 1.53.